The monoisotopic (exact) mass is 325 g/mol. The summed E-state index contributed by atoms with van der Waals surface area (Å²) in [7, 11) is 0. The Labute approximate surface area is 125 Å². The van der Waals surface area contributed by atoms with Crippen LogP contribution in [0, 0.1) is 0 Å². The van der Waals surface area contributed by atoms with Crippen molar-refractivity contribution >= 4 is 29.3 Å². The quantitative estimate of drug-likeness (QED) is 0.788. The van der Waals surface area contributed by atoms with Gasteiger partial charge in [0.05, 0.1) is 5.75 Å². The van der Waals surface area contributed by atoms with Gasteiger partial charge in [-0.25, -0.2) is 0 Å². The number of carbonyl (C=O) groups excluding carboxylic acids is 1. The molecule has 0 radical (unpaired) electrons. The number of hydrogen-bond acceptors (Lipinski definition) is 2. The Morgan fingerprint density at radius 1 is 1.30 bits per heavy atom. The van der Waals surface area contributed by atoms with E-state index in [9.17, 15) is 18.0 Å². The number of benzene rings is 1. The lowest BCUT2D eigenvalue weighted by atomic mass is 10.2. The Balaban J connectivity index is 2.40. The van der Waals surface area contributed by atoms with Crippen molar-refractivity contribution in [1.82, 2.24) is 4.90 Å². The van der Waals surface area contributed by atoms with Gasteiger partial charge in [0.25, 0.3) is 0 Å². The van der Waals surface area contributed by atoms with Gasteiger partial charge >= 0.3 is 6.18 Å². The number of nitrogens with zero attached hydrogens (tertiary/aromatic N) is 1. The molecule has 112 valence electrons. The fourth-order valence-electron chi connectivity index (χ4n) is 1.52. The molecule has 0 aliphatic rings. The predicted molar refractivity (Wildman–Crippen MR) is 75.9 cm³/mol. The van der Waals surface area contributed by atoms with E-state index >= 15 is 0 Å². The highest BCUT2D eigenvalue weighted by molar-refractivity contribution is 7.99. The summed E-state index contributed by atoms with van der Waals surface area (Å²) >= 11 is 7.03. The second kappa shape index (κ2) is 7.78. The van der Waals surface area contributed by atoms with Crippen LogP contribution in [0.2, 0.25) is 5.02 Å². The molecule has 0 saturated carbocycles. The van der Waals surface area contributed by atoms with E-state index < -0.39 is 18.6 Å². The lowest BCUT2D eigenvalue weighted by Gasteiger charge is -2.22. The lowest BCUT2D eigenvalue weighted by molar-refractivity contribution is -0.159. The minimum Gasteiger partial charge on any atom is -0.333 e. The number of thioether (sulfide) groups is 1. The molecule has 7 heteroatoms. The van der Waals surface area contributed by atoms with Gasteiger partial charge in [-0.1, -0.05) is 23.7 Å². The minimum atomic E-state index is -4.35. The van der Waals surface area contributed by atoms with Gasteiger partial charge in [0.15, 0.2) is 0 Å². The van der Waals surface area contributed by atoms with Gasteiger partial charge in [0.2, 0.25) is 5.91 Å². The molecule has 1 rings (SSSR count). The van der Waals surface area contributed by atoms with Gasteiger partial charge in [-0.2, -0.15) is 13.2 Å². The van der Waals surface area contributed by atoms with Gasteiger partial charge in [-0.3, -0.25) is 4.79 Å². The molecular weight excluding hydrogens is 311 g/mol. The van der Waals surface area contributed by atoms with Crippen LogP contribution in [0.25, 0.3) is 0 Å². The van der Waals surface area contributed by atoms with Gasteiger partial charge in [-0.15, -0.1) is 11.8 Å². The smallest absolute Gasteiger partial charge is 0.333 e. The average molecular weight is 326 g/mol. The summed E-state index contributed by atoms with van der Waals surface area (Å²) in [6.07, 6.45) is -4.35. The Morgan fingerprint density at radius 3 is 2.40 bits per heavy atom. The Hall–Kier alpha value is -0.880. The normalized spacial score (nSPS) is 11.4. The topological polar surface area (TPSA) is 20.3 Å². The van der Waals surface area contributed by atoms with E-state index in [2.05, 4.69) is 0 Å². The third kappa shape index (κ3) is 6.52. The highest BCUT2D eigenvalue weighted by atomic mass is 35.5. The third-order valence-electron chi connectivity index (χ3n) is 2.51. The van der Waals surface area contributed by atoms with E-state index in [0.29, 0.717) is 10.8 Å². The van der Waals surface area contributed by atoms with Crippen LogP contribution in [0.4, 0.5) is 13.2 Å². The first-order valence-corrected chi connectivity index (χ1v) is 7.52. The number of amides is 1. The van der Waals surface area contributed by atoms with Crippen LogP contribution in [-0.4, -0.2) is 35.8 Å². The van der Waals surface area contributed by atoms with Crippen LogP contribution in [-0.2, 0) is 10.5 Å². The SMILES string of the molecule is CCN(CC(F)(F)F)C(=O)CSCc1ccc(Cl)cc1. The molecule has 20 heavy (non-hydrogen) atoms. The summed E-state index contributed by atoms with van der Waals surface area (Å²) in [6.45, 7) is 0.400. The molecular formula is C13H15ClF3NOS. The standard InChI is InChI=1S/C13H15ClF3NOS/c1-2-18(9-13(15,16)17)12(19)8-20-7-10-3-5-11(14)6-4-10/h3-6H,2,7-9H2,1H3. The van der Waals surface area contributed by atoms with Gasteiger partial charge in [0.1, 0.15) is 6.54 Å². The van der Waals surface area contributed by atoms with Crippen LogP contribution in [0.3, 0.4) is 0 Å². The Kier molecular flexibility index (Phi) is 6.68. The van der Waals surface area contributed by atoms with Crippen LogP contribution >= 0.6 is 23.4 Å². The number of hydrogen-bond donors (Lipinski definition) is 0. The van der Waals surface area contributed by atoms with Crippen molar-refractivity contribution < 1.29 is 18.0 Å². The summed E-state index contributed by atoms with van der Waals surface area (Å²) in [4.78, 5) is 12.5. The minimum absolute atomic E-state index is 0.0343. The molecule has 1 amide bonds. The second-order valence-electron chi connectivity index (χ2n) is 4.14. The zero-order chi connectivity index (χ0) is 15.2. The molecule has 0 aliphatic carbocycles. The molecule has 0 aromatic heterocycles. The number of halogens is 4. The van der Waals surface area contributed by atoms with Crippen LogP contribution in [0.5, 0.6) is 0 Å². The van der Waals surface area contributed by atoms with E-state index in [1.807, 2.05) is 12.1 Å². The van der Waals surface area contributed by atoms with E-state index in [1.165, 1.54) is 18.7 Å². The van der Waals surface area contributed by atoms with Crippen LogP contribution in [0.1, 0.15) is 12.5 Å². The molecule has 0 bridgehead atoms. The van der Waals surface area contributed by atoms with E-state index in [1.54, 1.807) is 12.1 Å². The summed E-state index contributed by atoms with van der Waals surface area (Å²) in [5, 5.41) is 0.622. The first-order chi connectivity index (χ1) is 9.31. The predicted octanol–water partition coefficient (Wildman–Crippen LogP) is 3.98. The molecule has 0 saturated heterocycles. The average Bonchev–Trinajstić information content (AvgIpc) is 2.37. The van der Waals surface area contributed by atoms with Crippen LogP contribution < -0.4 is 0 Å². The molecule has 0 aliphatic heterocycles. The van der Waals surface area contributed by atoms with E-state index in [4.69, 9.17) is 11.6 Å². The molecule has 0 heterocycles. The fourth-order valence-corrected chi connectivity index (χ4v) is 2.53. The summed E-state index contributed by atoms with van der Waals surface area (Å²) in [5.74, 6) is 0.0998. The molecule has 1 aromatic carbocycles. The molecule has 2 nitrogen and oxygen atoms in total. The van der Waals surface area contributed by atoms with Crippen molar-refractivity contribution in [2.45, 2.75) is 18.9 Å². The first kappa shape index (κ1) is 17.2. The van der Waals surface area contributed by atoms with Crippen molar-refractivity contribution in [3.8, 4) is 0 Å². The van der Waals surface area contributed by atoms with Crippen molar-refractivity contribution in [3.63, 3.8) is 0 Å². The Bertz CT molecular complexity index is 436. The zero-order valence-corrected chi connectivity index (χ0v) is 12.5. The molecule has 0 fully saturated rings. The van der Waals surface area contributed by atoms with Gasteiger partial charge in [0, 0.05) is 17.3 Å². The Morgan fingerprint density at radius 2 is 1.90 bits per heavy atom. The van der Waals surface area contributed by atoms with Crippen molar-refractivity contribution in [3.05, 3.63) is 34.9 Å². The maximum atomic E-state index is 12.3. The maximum absolute atomic E-state index is 12.3. The fraction of sp³-hybridized carbons (Fsp3) is 0.462. The van der Waals surface area contributed by atoms with Crippen molar-refractivity contribution in [1.29, 1.82) is 0 Å². The number of carbonyl (C=O) groups is 1. The summed E-state index contributed by atoms with van der Waals surface area (Å²) in [6, 6.07) is 7.13. The maximum Gasteiger partial charge on any atom is 0.406 e. The zero-order valence-electron chi connectivity index (χ0n) is 10.9. The first-order valence-electron chi connectivity index (χ1n) is 5.98. The molecule has 0 unspecified atom stereocenters. The summed E-state index contributed by atoms with van der Waals surface area (Å²) in [5.41, 5.74) is 0.978. The lowest BCUT2D eigenvalue weighted by Crippen LogP contribution is -2.39. The molecule has 0 spiro atoms. The number of alkyl halides is 3. The molecule has 0 N–H and O–H groups in total. The largest absolute Gasteiger partial charge is 0.406 e. The van der Waals surface area contributed by atoms with Crippen LogP contribution in [0.15, 0.2) is 24.3 Å². The molecule has 1 aromatic rings. The van der Waals surface area contributed by atoms with Crippen molar-refractivity contribution in [2.75, 3.05) is 18.8 Å². The second-order valence-corrected chi connectivity index (χ2v) is 5.56. The third-order valence-corrected chi connectivity index (χ3v) is 3.75. The number of rotatable bonds is 6. The van der Waals surface area contributed by atoms with Crippen molar-refractivity contribution in [2.24, 2.45) is 0 Å². The van der Waals surface area contributed by atoms with E-state index in [0.717, 1.165) is 10.5 Å². The summed E-state index contributed by atoms with van der Waals surface area (Å²) < 4.78 is 36.8. The highest BCUT2D eigenvalue weighted by Gasteiger charge is 2.32. The van der Waals surface area contributed by atoms with Gasteiger partial charge in [-0.05, 0) is 24.6 Å². The highest BCUT2D eigenvalue weighted by Crippen LogP contribution is 2.19. The molecule has 0 atom stereocenters. The van der Waals surface area contributed by atoms with Gasteiger partial charge < -0.3 is 4.90 Å². The van der Waals surface area contributed by atoms with E-state index in [-0.39, 0.29) is 12.3 Å².